The minimum absolute atomic E-state index is 0.135. The Balaban J connectivity index is 6.65. The van der Waals surface area contributed by atoms with Crippen molar-refractivity contribution in [3.63, 3.8) is 0 Å². The molecule has 20 heteroatoms. The molecule has 0 aliphatic heterocycles. The predicted molar refractivity (Wildman–Crippen MR) is 253 cm³/mol. The summed E-state index contributed by atoms with van der Waals surface area (Å²) in [7, 11) is 0. The number of rotatable bonds is 35. The van der Waals surface area contributed by atoms with Crippen LogP contribution >= 0.6 is 0 Å². The van der Waals surface area contributed by atoms with Crippen LogP contribution in [0, 0.1) is 23.7 Å². The third kappa shape index (κ3) is 22.1. The van der Waals surface area contributed by atoms with E-state index in [1.54, 1.807) is 20.8 Å². The Labute approximate surface area is 388 Å². The normalized spacial score (nSPS) is 16.9. The van der Waals surface area contributed by atoms with E-state index in [2.05, 4.69) is 37.2 Å². The first kappa shape index (κ1) is 60.6. The van der Waals surface area contributed by atoms with Gasteiger partial charge in [0, 0.05) is 0 Å². The maximum absolute atomic E-state index is 14.2. The first-order valence-corrected chi connectivity index (χ1v) is 24.0. The number of carbonyl (C=O) groups excluding carboxylic acids is 8. The minimum atomic E-state index is -1.15. The molecule has 0 spiro atoms. The zero-order valence-electron chi connectivity index (χ0n) is 40.9. The molecule has 376 valence electrons. The van der Waals surface area contributed by atoms with Gasteiger partial charge in [-0.2, -0.15) is 0 Å². The van der Waals surface area contributed by atoms with Gasteiger partial charge < -0.3 is 65.9 Å². The van der Waals surface area contributed by atoms with Gasteiger partial charge in [-0.05, 0) is 108 Å². The third-order valence-electron chi connectivity index (χ3n) is 12.5. The zero-order valence-corrected chi connectivity index (χ0v) is 40.9. The van der Waals surface area contributed by atoms with E-state index in [-0.39, 0.29) is 31.1 Å². The van der Waals surface area contributed by atoms with E-state index >= 15 is 0 Å². The van der Waals surface area contributed by atoms with E-state index < -0.39 is 107 Å². The van der Waals surface area contributed by atoms with E-state index in [9.17, 15) is 38.4 Å². The Morgan fingerprint density at radius 3 is 0.923 bits per heavy atom. The summed E-state index contributed by atoms with van der Waals surface area (Å²) in [5.41, 5.74) is 28.8. The van der Waals surface area contributed by atoms with Gasteiger partial charge in [0.25, 0.3) is 0 Å². The Bertz CT molecular complexity index is 1490. The molecule has 0 saturated carbocycles. The summed E-state index contributed by atoms with van der Waals surface area (Å²) in [5.74, 6) is -6.31. The molecule has 0 aromatic carbocycles. The average Bonchev–Trinajstić information content (AvgIpc) is 3.28. The lowest BCUT2D eigenvalue weighted by Gasteiger charge is -2.31. The Hall–Kier alpha value is -4.40. The number of hydrogen-bond donors (Lipinski definition) is 12. The number of hydrogen-bond acceptors (Lipinski definition) is 12. The van der Waals surface area contributed by atoms with Crippen molar-refractivity contribution >= 4 is 47.3 Å². The quantitative estimate of drug-likeness (QED) is 0.0368. The van der Waals surface area contributed by atoms with Crippen molar-refractivity contribution in [2.45, 2.75) is 194 Å². The van der Waals surface area contributed by atoms with Crippen molar-refractivity contribution in [2.75, 3.05) is 19.6 Å². The first-order chi connectivity index (χ1) is 30.7. The SMILES string of the molecule is CC[C@H](C)[C@H](N)C(=O)N[C@@H](CCCCN)C(=O)N[C@H](C(=O)N[C@@H](CCCCN)C(=O)N[C@H](C(=O)N[C@@H](CCCCN)C(=O)N[C@H](C(=O)N[C@@H](C)C(N)=O)[C@@H](C)CC)[C@@H](C)CC)[C@@H](C)CC. The molecule has 20 nitrogen and oxygen atoms in total. The fourth-order valence-electron chi connectivity index (χ4n) is 6.83. The van der Waals surface area contributed by atoms with Gasteiger partial charge in [-0.15, -0.1) is 0 Å². The predicted octanol–water partition coefficient (Wildman–Crippen LogP) is -0.216. The van der Waals surface area contributed by atoms with Crippen LogP contribution in [-0.4, -0.2) is 115 Å². The second-order valence-electron chi connectivity index (χ2n) is 17.7. The van der Waals surface area contributed by atoms with Crippen molar-refractivity contribution in [1.82, 2.24) is 37.2 Å². The van der Waals surface area contributed by atoms with Crippen LogP contribution in [0.15, 0.2) is 0 Å². The molecule has 0 radical (unpaired) electrons. The summed E-state index contributed by atoms with van der Waals surface area (Å²) in [6, 6.07) is -8.40. The fraction of sp³-hybridized carbons (Fsp3) is 0.822. The first-order valence-electron chi connectivity index (χ1n) is 24.0. The van der Waals surface area contributed by atoms with Gasteiger partial charge in [0.15, 0.2) is 0 Å². The van der Waals surface area contributed by atoms with Gasteiger partial charge in [-0.3, -0.25) is 38.4 Å². The van der Waals surface area contributed by atoms with Gasteiger partial charge >= 0.3 is 0 Å². The summed E-state index contributed by atoms with van der Waals surface area (Å²) in [6.45, 7) is 17.1. The smallest absolute Gasteiger partial charge is 0.243 e. The summed E-state index contributed by atoms with van der Waals surface area (Å²) in [4.78, 5) is 108. The molecular formula is C45H88N12O8. The number of nitrogens with one attached hydrogen (secondary N) is 7. The number of nitrogens with two attached hydrogens (primary N) is 5. The maximum Gasteiger partial charge on any atom is 0.243 e. The molecular weight excluding hydrogens is 837 g/mol. The summed E-state index contributed by atoms with van der Waals surface area (Å²) in [5, 5.41) is 19.4. The monoisotopic (exact) mass is 925 g/mol. The largest absolute Gasteiger partial charge is 0.368 e. The maximum atomic E-state index is 14.2. The van der Waals surface area contributed by atoms with E-state index in [1.807, 2.05) is 34.6 Å². The number of primary amides is 1. The molecule has 0 aliphatic carbocycles. The van der Waals surface area contributed by atoms with E-state index in [1.165, 1.54) is 6.92 Å². The summed E-state index contributed by atoms with van der Waals surface area (Å²) < 4.78 is 0. The van der Waals surface area contributed by atoms with Gasteiger partial charge in [0.05, 0.1) is 6.04 Å². The molecule has 65 heavy (non-hydrogen) atoms. The number of amides is 8. The van der Waals surface area contributed by atoms with Crippen molar-refractivity contribution < 1.29 is 38.4 Å². The second kappa shape index (κ2) is 33.1. The van der Waals surface area contributed by atoms with Gasteiger partial charge in [0.1, 0.15) is 42.3 Å². The number of carbonyl (C=O) groups is 8. The zero-order chi connectivity index (χ0) is 49.8. The molecule has 0 unspecified atom stereocenters. The number of unbranched alkanes of at least 4 members (excludes halogenated alkanes) is 3. The highest BCUT2D eigenvalue weighted by molar-refractivity contribution is 5.98. The molecule has 17 N–H and O–H groups in total. The standard InChI is InChI=1S/C45H88N12O8/c1-10-26(5)34(49)42(62)52-31(20-14-17-23-46)39(59)56-36(28(7)12-3)44(64)54-33(22-16-19-25-48)41(61)57-37(29(8)13-4)45(65)53-32(21-15-18-24-47)40(60)55-35(27(6)11-2)43(63)51-30(9)38(50)58/h26-37H,10-25,46-49H2,1-9H3,(H2,50,58)(H,51,63)(H,52,62)(H,53,65)(H,54,64)(H,55,60)(H,56,59)(H,57,61)/t26-,27-,28-,29-,30-,31-,32-,33-,34-,35-,36-,37-/m0/s1. The molecule has 12 atom stereocenters. The molecule has 0 rings (SSSR count). The van der Waals surface area contributed by atoms with Crippen molar-refractivity contribution in [3.05, 3.63) is 0 Å². The molecule has 0 aliphatic rings. The topological polar surface area (TPSA) is 351 Å². The summed E-state index contributed by atoms with van der Waals surface area (Å²) >= 11 is 0. The van der Waals surface area contributed by atoms with Crippen molar-refractivity contribution in [2.24, 2.45) is 52.3 Å². The fourth-order valence-corrected chi connectivity index (χ4v) is 6.83. The van der Waals surface area contributed by atoms with Crippen molar-refractivity contribution in [3.8, 4) is 0 Å². The highest BCUT2D eigenvalue weighted by Gasteiger charge is 2.37. The summed E-state index contributed by atoms with van der Waals surface area (Å²) in [6.07, 6.45) is 5.85. The molecule has 0 heterocycles. The lowest BCUT2D eigenvalue weighted by Crippen LogP contribution is -2.62. The van der Waals surface area contributed by atoms with Crippen LogP contribution in [0.2, 0.25) is 0 Å². The van der Waals surface area contributed by atoms with Gasteiger partial charge in [-0.25, -0.2) is 0 Å². The van der Waals surface area contributed by atoms with Crippen LogP contribution < -0.4 is 65.9 Å². The van der Waals surface area contributed by atoms with Crippen LogP contribution in [0.4, 0.5) is 0 Å². The second-order valence-corrected chi connectivity index (χ2v) is 17.7. The highest BCUT2D eigenvalue weighted by Crippen LogP contribution is 2.16. The van der Waals surface area contributed by atoms with Crippen LogP contribution in [0.5, 0.6) is 0 Å². The van der Waals surface area contributed by atoms with Crippen LogP contribution in [0.3, 0.4) is 0 Å². The minimum Gasteiger partial charge on any atom is -0.368 e. The Morgan fingerprint density at radius 2 is 0.662 bits per heavy atom. The van der Waals surface area contributed by atoms with Crippen LogP contribution in [0.25, 0.3) is 0 Å². The molecule has 0 aromatic rings. The highest BCUT2D eigenvalue weighted by atomic mass is 16.2. The molecule has 0 saturated heterocycles. The molecule has 0 aromatic heterocycles. The molecule has 0 bridgehead atoms. The lowest BCUT2D eigenvalue weighted by molar-refractivity contribution is -0.137. The van der Waals surface area contributed by atoms with Crippen molar-refractivity contribution in [1.29, 1.82) is 0 Å². The van der Waals surface area contributed by atoms with Gasteiger partial charge in [-0.1, -0.05) is 81.1 Å². The Kier molecular flexibility index (Phi) is 30.9. The van der Waals surface area contributed by atoms with E-state index in [4.69, 9.17) is 28.7 Å². The van der Waals surface area contributed by atoms with Gasteiger partial charge in [0.2, 0.25) is 47.3 Å². The van der Waals surface area contributed by atoms with Crippen LogP contribution in [-0.2, 0) is 38.4 Å². The van der Waals surface area contributed by atoms with E-state index in [0.717, 1.165) is 0 Å². The lowest BCUT2D eigenvalue weighted by atomic mass is 9.95. The molecule has 0 fully saturated rings. The third-order valence-corrected chi connectivity index (χ3v) is 12.5. The Morgan fingerprint density at radius 1 is 0.385 bits per heavy atom. The average molecular weight is 925 g/mol. The molecule has 8 amide bonds. The van der Waals surface area contributed by atoms with Crippen LogP contribution in [0.1, 0.15) is 146 Å². The van der Waals surface area contributed by atoms with E-state index in [0.29, 0.717) is 83.8 Å².